The summed E-state index contributed by atoms with van der Waals surface area (Å²) >= 11 is 1.94. The molecule has 1 aliphatic heterocycles. The number of nitrogens with two attached hydrogens (primary N) is 1. The van der Waals surface area contributed by atoms with E-state index in [0.29, 0.717) is 0 Å². The fourth-order valence-electron chi connectivity index (χ4n) is 1.84. The SMILES string of the molecule is Cc1ccc2c(c1C)C(N)CCS2. The van der Waals surface area contributed by atoms with E-state index in [1.54, 1.807) is 0 Å². The second kappa shape index (κ2) is 3.35. The summed E-state index contributed by atoms with van der Waals surface area (Å²) in [5, 5.41) is 0. The Kier molecular flexibility index (Phi) is 2.35. The third-order valence-electron chi connectivity index (χ3n) is 2.80. The molecule has 0 radical (unpaired) electrons. The van der Waals surface area contributed by atoms with E-state index in [1.807, 2.05) is 11.8 Å². The van der Waals surface area contributed by atoms with E-state index in [4.69, 9.17) is 5.73 Å². The van der Waals surface area contributed by atoms with Gasteiger partial charge < -0.3 is 5.73 Å². The number of fused-ring (bicyclic) bond motifs is 1. The molecule has 0 aromatic heterocycles. The van der Waals surface area contributed by atoms with Crippen LogP contribution in [0.3, 0.4) is 0 Å². The molecule has 2 N–H and O–H groups in total. The summed E-state index contributed by atoms with van der Waals surface area (Å²) in [5.41, 5.74) is 10.2. The molecule has 2 rings (SSSR count). The van der Waals surface area contributed by atoms with Crippen molar-refractivity contribution >= 4 is 11.8 Å². The zero-order valence-corrected chi connectivity index (χ0v) is 8.95. The Labute approximate surface area is 83.7 Å². The highest BCUT2D eigenvalue weighted by molar-refractivity contribution is 7.99. The highest BCUT2D eigenvalue weighted by Crippen LogP contribution is 2.37. The average molecular weight is 193 g/mol. The third-order valence-corrected chi connectivity index (χ3v) is 3.91. The average Bonchev–Trinajstić information content (AvgIpc) is 2.12. The minimum absolute atomic E-state index is 0.260. The summed E-state index contributed by atoms with van der Waals surface area (Å²) in [4.78, 5) is 1.39. The van der Waals surface area contributed by atoms with Gasteiger partial charge in [0.05, 0.1) is 0 Å². The molecular formula is C11H15NS. The molecule has 0 saturated carbocycles. The van der Waals surface area contributed by atoms with Gasteiger partial charge in [-0.15, -0.1) is 11.8 Å². The van der Waals surface area contributed by atoms with Crippen molar-refractivity contribution in [2.75, 3.05) is 5.75 Å². The molecule has 70 valence electrons. The molecule has 1 nitrogen and oxygen atoms in total. The zero-order valence-electron chi connectivity index (χ0n) is 8.13. The first kappa shape index (κ1) is 9.10. The standard InChI is InChI=1S/C11H15NS/c1-7-3-4-10-11(8(7)2)9(12)5-6-13-10/h3-4,9H,5-6,12H2,1-2H3. The Bertz CT molecular complexity index is 333. The Morgan fingerprint density at radius 2 is 2.15 bits per heavy atom. The maximum atomic E-state index is 6.10. The number of rotatable bonds is 0. The van der Waals surface area contributed by atoms with Crippen molar-refractivity contribution in [1.29, 1.82) is 0 Å². The van der Waals surface area contributed by atoms with Crippen LogP contribution in [0.2, 0.25) is 0 Å². The molecule has 2 heteroatoms. The van der Waals surface area contributed by atoms with Gasteiger partial charge in [-0.25, -0.2) is 0 Å². The summed E-state index contributed by atoms with van der Waals surface area (Å²) in [5.74, 6) is 1.16. The van der Waals surface area contributed by atoms with Crippen LogP contribution in [0.15, 0.2) is 17.0 Å². The molecule has 0 aliphatic carbocycles. The summed E-state index contributed by atoms with van der Waals surface area (Å²) in [7, 11) is 0. The van der Waals surface area contributed by atoms with Crippen molar-refractivity contribution in [3.8, 4) is 0 Å². The predicted molar refractivity (Wildman–Crippen MR) is 58.2 cm³/mol. The van der Waals surface area contributed by atoms with Crippen LogP contribution in [-0.2, 0) is 0 Å². The van der Waals surface area contributed by atoms with E-state index in [2.05, 4.69) is 26.0 Å². The lowest BCUT2D eigenvalue weighted by Crippen LogP contribution is -2.17. The quantitative estimate of drug-likeness (QED) is 0.685. The number of aryl methyl sites for hydroxylation is 1. The van der Waals surface area contributed by atoms with E-state index in [0.717, 1.165) is 12.2 Å². The Morgan fingerprint density at radius 3 is 2.92 bits per heavy atom. The fourth-order valence-corrected chi connectivity index (χ4v) is 3.06. The van der Waals surface area contributed by atoms with Crippen molar-refractivity contribution in [2.24, 2.45) is 5.73 Å². The number of hydrogen-bond donors (Lipinski definition) is 1. The first-order valence-corrected chi connectivity index (χ1v) is 5.67. The lowest BCUT2D eigenvalue weighted by atomic mass is 9.96. The van der Waals surface area contributed by atoms with Gasteiger partial charge >= 0.3 is 0 Å². The minimum atomic E-state index is 0.260. The van der Waals surface area contributed by atoms with E-state index < -0.39 is 0 Å². The third kappa shape index (κ3) is 1.49. The van der Waals surface area contributed by atoms with Crippen LogP contribution in [0.25, 0.3) is 0 Å². The maximum absolute atomic E-state index is 6.10. The second-order valence-corrected chi connectivity index (χ2v) is 4.80. The molecule has 1 aliphatic rings. The molecule has 0 spiro atoms. The normalized spacial score (nSPS) is 21.3. The molecule has 0 saturated heterocycles. The van der Waals surface area contributed by atoms with Crippen molar-refractivity contribution in [3.05, 3.63) is 28.8 Å². The monoisotopic (exact) mass is 193 g/mol. The first-order valence-electron chi connectivity index (χ1n) is 4.68. The molecule has 13 heavy (non-hydrogen) atoms. The predicted octanol–water partition coefficient (Wildman–Crippen LogP) is 2.80. The summed E-state index contributed by atoms with van der Waals surface area (Å²) < 4.78 is 0. The topological polar surface area (TPSA) is 26.0 Å². The summed E-state index contributed by atoms with van der Waals surface area (Å²) in [6, 6.07) is 4.66. The van der Waals surface area contributed by atoms with Crippen molar-refractivity contribution in [1.82, 2.24) is 0 Å². The Morgan fingerprint density at radius 1 is 1.38 bits per heavy atom. The molecule has 1 unspecified atom stereocenters. The zero-order chi connectivity index (χ0) is 9.42. The van der Waals surface area contributed by atoms with Gasteiger partial charge in [-0.1, -0.05) is 6.07 Å². The number of thioether (sulfide) groups is 1. The molecule has 0 fully saturated rings. The van der Waals surface area contributed by atoms with Crippen LogP contribution in [-0.4, -0.2) is 5.75 Å². The smallest absolute Gasteiger partial charge is 0.0316 e. The molecule has 1 aromatic rings. The van der Waals surface area contributed by atoms with Crippen molar-refractivity contribution in [3.63, 3.8) is 0 Å². The van der Waals surface area contributed by atoms with Crippen LogP contribution >= 0.6 is 11.8 Å². The van der Waals surface area contributed by atoms with Gasteiger partial charge in [0.2, 0.25) is 0 Å². The van der Waals surface area contributed by atoms with Crippen LogP contribution in [0.1, 0.15) is 29.2 Å². The van der Waals surface area contributed by atoms with Gasteiger partial charge in [0.1, 0.15) is 0 Å². The Balaban J connectivity index is 2.58. The van der Waals surface area contributed by atoms with Gasteiger partial charge in [0, 0.05) is 10.9 Å². The van der Waals surface area contributed by atoms with Gasteiger partial charge in [-0.05, 0) is 48.8 Å². The molecule has 1 atom stereocenters. The minimum Gasteiger partial charge on any atom is -0.324 e. The van der Waals surface area contributed by atoms with Gasteiger partial charge in [-0.2, -0.15) is 0 Å². The molecular weight excluding hydrogens is 178 g/mol. The molecule has 0 amide bonds. The highest BCUT2D eigenvalue weighted by Gasteiger charge is 2.19. The lowest BCUT2D eigenvalue weighted by molar-refractivity contribution is 0.674. The van der Waals surface area contributed by atoms with Gasteiger partial charge in [0.15, 0.2) is 0 Å². The van der Waals surface area contributed by atoms with Crippen molar-refractivity contribution < 1.29 is 0 Å². The molecule has 0 bridgehead atoms. The molecule has 1 aromatic carbocycles. The summed E-state index contributed by atoms with van der Waals surface area (Å²) in [6.07, 6.45) is 1.11. The van der Waals surface area contributed by atoms with Crippen LogP contribution in [0, 0.1) is 13.8 Å². The first-order chi connectivity index (χ1) is 6.20. The van der Waals surface area contributed by atoms with E-state index in [-0.39, 0.29) is 6.04 Å². The summed E-state index contributed by atoms with van der Waals surface area (Å²) in [6.45, 7) is 4.33. The highest BCUT2D eigenvalue weighted by atomic mass is 32.2. The van der Waals surface area contributed by atoms with Crippen LogP contribution in [0.5, 0.6) is 0 Å². The van der Waals surface area contributed by atoms with E-state index >= 15 is 0 Å². The van der Waals surface area contributed by atoms with Gasteiger partial charge in [0.25, 0.3) is 0 Å². The van der Waals surface area contributed by atoms with Gasteiger partial charge in [-0.3, -0.25) is 0 Å². The number of benzene rings is 1. The fraction of sp³-hybridized carbons (Fsp3) is 0.455. The van der Waals surface area contributed by atoms with E-state index in [1.165, 1.54) is 21.6 Å². The lowest BCUT2D eigenvalue weighted by Gasteiger charge is -2.24. The second-order valence-electron chi connectivity index (χ2n) is 3.66. The van der Waals surface area contributed by atoms with Crippen LogP contribution in [0.4, 0.5) is 0 Å². The van der Waals surface area contributed by atoms with Crippen molar-refractivity contribution in [2.45, 2.75) is 31.2 Å². The largest absolute Gasteiger partial charge is 0.324 e. The number of hydrogen-bond acceptors (Lipinski definition) is 2. The van der Waals surface area contributed by atoms with Crippen LogP contribution < -0.4 is 5.73 Å². The van der Waals surface area contributed by atoms with E-state index in [9.17, 15) is 0 Å². The maximum Gasteiger partial charge on any atom is 0.0316 e. The molecule has 1 heterocycles. The Hall–Kier alpha value is -0.470.